The van der Waals surface area contributed by atoms with Crippen molar-refractivity contribution in [3.8, 4) is 5.75 Å². The highest BCUT2D eigenvalue weighted by molar-refractivity contribution is 5.83. The predicted octanol–water partition coefficient (Wildman–Crippen LogP) is 4.88. The lowest BCUT2D eigenvalue weighted by atomic mass is 10.1. The number of rotatable bonds is 4. The van der Waals surface area contributed by atoms with Crippen molar-refractivity contribution in [2.24, 2.45) is 0 Å². The molecule has 1 aliphatic rings. The molecular formula is C22H23NO. The molecule has 122 valence electrons. The highest BCUT2D eigenvalue weighted by Gasteiger charge is 2.20. The summed E-state index contributed by atoms with van der Waals surface area (Å²) in [6, 6.07) is 25.6. The van der Waals surface area contributed by atoms with E-state index in [2.05, 4.69) is 77.7 Å². The van der Waals surface area contributed by atoms with Gasteiger partial charge in [-0.2, -0.15) is 0 Å². The van der Waals surface area contributed by atoms with Crippen molar-refractivity contribution in [3.63, 3.8) is 0 Å². The fourth-order valence-electron chi connectivity index (χ4n) is 3.46. The van der Waals surface area contributed by atoms with Crippen LogP contribution in [0, 0.1) is 0 Å². The summed E-state index contributed by atoms with van der Waals surface area (Å²) in [6.07, 6.45) is 2.53. The van der Waals surface area contributed by atoms with Crippen molar-refractivity contribution in [1.29, 1.82) is 0 Å². The van der Waals surface area contributed by atoms with E-state index in [-0.39, 0.29) is 0 Å². The number of ether oxygens (including phenoxy) is 1. The second-order valence-corrected chi connectivity index (χ2v) is 6.59. The van der Waals surface area contributed by atoms with Crippen LogP contribution >= 0.6 is 0 Å². The Balaban J connectivity index is 1.34. The molecule has 0 N–H and O–H groups in total. The van der Waals surface area contributed by atoms with E-state index >= 15 is 0 Å². The summed E-state index contributed by atoms with van der Waals surface area (Å²) in [5, 5.41) is 2.51. The van der Waals surface area contributed by atoms with Gasteiger partial charge < -0.3 is 4.74 Å². The van der Waals surface area contributed by atoms with Crippen molar-refractivity contribution in [3.05, 3.63) is 78.4 Å². The Bertz CT molecular complexity index is 791. The van der Waals surface area contributed by atoms with Gasteiger partial charge in [-0.05, 0) is 41.3 Å². The van der Waals surface area contributed by atoms with Gasteiger partial charge in [0, 0.05) is 19.6 Å². The minimum atomic E-state index is 0.332. The van der Waals surface area contributed by atoms with Gasteiger partial charge in [0.1, 0.15) is 11.9 Å². The molecule has 4 rings (SSSR count). The smallest absolute Gasteiger partial charge is 0.120 e. The molecule has 3 aromatic rings. The van der Waals surface area contributed by atoms with Crippen LogP contribution in [0.15, 0.2) is 72.8 Å². The van der Waals surface area contributed by atoms with E-state index < -0.39 is 0 Å². The van der Waals surface area contributed by atoms with Gasteiger partial charge in [0.25, 0.3) is 0 Å². The summed E-state index contributed by atoms with van der Waals surface area (Å²) >= 11 is 0. The van der Waals surface area contributed by atoms with Gasteiger partial charge in [-0.25, -0.2) is 0 Å². The van der Waals surface area contributed by atoms with E-state index in [9.17, 15) is 0 Å². The van der Waals surface area contributed by atoms with Gasteiger partial charge in [-0.15, -0.1) is 0 Å². The van der Waals surface area contributed by atoms with Gasteiger partial charge >= 0.3 is 0 Å². The average molecular weight is 317 g/mol. The lowest BCUT2D eigenvalue weighted by Crippen LogP contribution is -2.37. The Hall–Kier alpha value is -2.32. The van der Waals surface area contributed by atoms with Crippen LogP contribution in [0.5, 0.6) is 5.75 Å². The molecular weight excluding hydrogens is 294 g/mol. The summed E-state index contributed by atoms with van der Waals surface area (Å²) in [4.78, 5) is 2.52. The highest BCUT2D eigenvalue weighted by atomic mass is 16.5. The topological polar surface area (TPSA) is 12.5 Å². The Labute approximate surface area is 143 Å². The number of likely N-dealkylation sites (tertiary alicyclic amines) is 1. The molecule has 0 aromatic heterocycles. The van der Waals surface area contributed by atoms with Crippen LogP contribution in [-0.2, 0) is 6.54 Å². The Morgan fingerprint density at radius 3 is 2.29 bits per heavy atom. The van der Waals surface area contributed by atoms with E-state index in [1.54, 1.807) is 0 Å². The number of benzene rings is 3. The molecule has 3 aromatic carbocycles. The van der Waals surface area contributed by atoms with Crippen LogP contribution in [0.1, 0.15) is 18.4 Å². The normalized spacial score (nSPS) is 16.3. The molecule has 0 radical (unpaired) electrons. The molecule has 0 atom stereocenters. The lowest BCUT2D eigenvalue weighted by Gasteiger charge is -2.32. The fraction of sp³-hybridized carbons (Fsp3) is 0.273. The number of nitrogens with zero attached hydrogens (tertiary/aromatic N) is 1. The first-order valence-electron chi connectivity index (χ1n) is 8.78. The predicted molar refractivity (Wildman–Crippen MR) is 99.3 cm³/mol. The summed E-state index contributed by atoms with van der Waals surface area (Å²) in [5.41, 5.74) is 1.39. The van der Waals surface area contributed by atoms with Gasteiger partial charge in [0.2, 0.25) is 0 Å². The summed E-state index contributed by atoms with van der Waals surface area (Å²) in [5.74, 6) is 0.996. The number of hydrogen-bond acceptors (Lipinski definition) is 2. The van der Waals surface area contributed by atoms with Gasteiger partial charge in [0.15, 0.2) is 0 Å². The van der Waals surface area contributed by atoms with Crippen LogP contribution in [0.2, 0.25) is 0 Å². The van der Waals surface area contributed by atoms with Crippen molar-refractivity contribution in [2.45, 2.75) is 25.5 Å². The highest BCUT2D eigenvalue weighted by Crippen LogP contribution is 2.24. The van der Waals surface area contributed by atoms with Gasteiger partial charge in [0.05, 0.1) is 0 Å². The van der Waals surface area contributed by atoms with Gasteiger partial charge in [-0.3, -0.25) is 4.90 Å². The number of hydrogen-bond donors (Lipinski definition) is 0. The molecule has 0 aliphatic carbocycles. The second-order valence-electron chi connectivity index (χ2n) is 6.59. The molecule has 24 heavy (non-hydrogen) atoms. The zero-order chi connectivity index (χ0) is 16.2. The van der Waals surface area contributed by atoms with Crippen molar-refractivity contribution in [1.82, 2.24) is 4.90 Å². The SMILES string of the molecule is c1ccc(CN2CCC(Oc3ccc4ccccc4c3)CC2)cc1. The molecule has 0 saturated carbocycles. The summed E-state index contributed by atoms with van der Waals surface area (Å²) < 4.78 is 6.24. The molecule has 1 fully saturated rings. The third-order valence-corrected chi connectivity index (χ3v) is 4.81. The molecule has 0 amide bonds. The summed E-state index contributed by atoms with van der Waals surface area (Å²) in [6.45, 7) is 3.25. The molecule has 1 saturated heterocycles. The van der Waals surface area contributed by atoms with Crippen LogP contribution in [0.3, 0.4) is 0 Å². The molecule has 1 aliphatic heterocycles. The average Bonchev–Trinajstić information content (AvgIpc) is 2.64. The molecule has 1 heterocycles. The van der Waals surface area contributed by atoms with Crippen LogP contribution in [-0.4, -0.2) is 24.1 Å². The fourth-order valence-corrected chi connectivity index (χ4v) is 3.46. The van der Waals surface area contributed by atoms with Crippen molar-refractivity contribution in [2.75, 3.05) is 13.1 Å². The van der Waals surface area contributed by atoms with E-state index in [0.29, 0.717) is 6.10 Å². The molecule has 2 heteroatoms. The second kappa shape index (κ2) is 7.06. The Morgan fingerprint density at radius 2 is 1.50 bits per heavy atom. The standard InChI is InChI=1S/C22H23NO/c1-2-6-18(7-3-1)17-23-14-12-21(13-15-23)24-22-11-10-19-8-4-5-9-20(19)16-22/h1-11,16,21H,12-15,17H2. The lowest BCUT2D eigenvalue weighted by molar-refractivity contribution is 0.0969. The zero-order valence-electron chi connectivity index (χ0n) is 13.9. The molecule has 2 nitrogen and oxygen atoms in total. The molecule has 0 unspecified atom stereocenters. The third-order valence-electron chi connectivity index (χ3n) is 4.81. The van der Waals surface area contributed by atoms with E-state index in [4.69, 9.17) is 4.74 Å². The quantitative estimate of drug-likeness (QED) is 0.680. The molecule has 0 spiro atoms. The maximum absolute atomic E-state index is 6.24. The van der Waals surface area contributed by atoms with E-state index in [1.807, 2.05) is 0 Å². The number of fused-ring (bicyclic) bond motifs is 1. The summed E-state index contributed by atoms with van der Waals surface area (Å²) in [7, 11) is 0. The minimum absolute atomic E-state index is 0.332. The van der Waals surface area contributed by atoms with Crippen LogP contribution in [0.4, 0.5) is 0 Å². The number of piperidine rings is 1. The van der Waals surface area contributed by atoms with Gasteiger partial charge in [-0.1, -0.05) is 60.7 Å². The maximum Gasteiger partial charge on any atom is 0.120 e. The Kier molecular flexibility index (Phi) is 4.48. The first kappa shape index (κ1) is 15.2. The monoisotopic (exact) mass is 317 g/mol. The zero-order valence-corrected chi connectivity index (χ0v) is 13.9. The van der Waals surface area contributed by atoms with Crippen LogP contribution in [0.25, 0.3) is 10.8 Å². The van der Waals surface area contributed by atoms with Crippen molar-refractivity contribution >= 4 is 10.8 Å². The first-order chi connectivity index (χ1) is 11.9. The minimum Gasteiger partial charge on any atom is -0.490 e. The largest absolute Gasteiger partial charge is 0.490 e. The molecule has 0 bridgehead atoms. The first-order valence-corrected chi connectivity index (χ1v) is 8.78. The Morgan fingerprint density at radius 1 is 0.792 bits per heavy atom. The van der Waals surface area contributed by atoms with E-state index in [0.717, 1.165) is 38.2 Å². The van der Waals surface area contributed by atoms with Crippen LogP contribution < -0.4 is 4.74 Å². The van der Waals surface area contributed by atoms with Crippen molar-refractivity contribution < 1.29 is 4.74 Å². The maximum atomic E-state index is 6.24. The third kappa shape index (κ3) is 3.60. The van der Waals surface area contributed by atoms with E-state index in [1.165, 1.54) is 16.3 Å².